The molecule has 3 atom stereocenters. The van der Waals surface area contributed by atoms with Crippen molar-refractivity contribution < 1.29 is 14.3 Å². The maximum Gasteiger partial charge on any atom is 0.317 e. The van der Waals surface area contributed by atoms with Gasteiger partial charge in [0, 0.05) is 0 Å². The highest BCUT2D eigenvalue weighted by Crippen LogP contribution is 2.36. The summed E-state index contributed by atoms with van der Waals surface area (Å²) in [7, 11) is 2.21. The van der Waals surface area contributed by atoms with E-state index in [9.17, 15) is 9.59 Å². The maximum atomic E-state index is 11.3. The first-order valence-electron chi connectivity index (χ1n) is 5.44. The first-order chi connectivity index (χ1) is 6.68. The largest absolute Gasteiger partial charge is 0.393 e. The van der Waals surface area contributed by atoms with Gasteiger partial charge in [-0.25, -0.2) is 0 Å². The number of fused-ring (bicyclic) bond motifs is 1. The zero-order valence-corrected chi connectivity index (χ0v) is 8.49. The highest BCUT2D eigenvalue weighted by atomic mass is 16.6. The molecule has 14 heavy (non-hydrogen) atoms. The van der Waals surface area contributed by atoms with Gasteiger partial charge in [0.25, 0.3) is 0 Å². The molecule has 0 spiro atoms. The minimum Gasteiger partial charge on any atom is -0.393 e. The van der Waals surface area contributed by atoms with Crippen LogP contribution in [0.4, 0.5) is 0 Å². The minimum absolute atomic E-state index is 0.130. The third kappa shape index (κ3) is 1.70. The predicted octanol–water partition coefficient (Wildman–Crippen LogP) is 0.688. The Kier molecular flexibility index (Phi) is 2.61. The van der Waals surface area contributed by atoms with E-state index >= 15 is 0 Å². The first-order valence-corrected chi connectivity index (χ1v) is 5.44. The molecule has 1 heterocycles. The summed E-state index contributed by atoms with van der Waals surface area (Å²) in [6.07, 6.45) is 4.93. The van der Waals surface area contributed by atoms with Gasteiger partial charge in [-0.2, -0.15) is 0 Å². The van der Waals surface area contributed by atoms with Crippen molar-refractivity contribution in [2.45, 2.75) is 37.9 Å². The molecular weight excluding hydrogens is 179 g/mol. The Hall–Kier alpha value is -0.795. The lowest BCUT2D eigenvalue weighted by atomic mass is 9.73. The van der Waals surface area contributed by atoms with Crippen molar-refractivity contribution in [3.63, 3.8) is 0 Å². The quantitative estimate of drug-likeness (QED) is 0.323. The van der Waals surface area contributed by atoms with Crippen LogP contribution in [0.5, 0.6) is 0 Å². The molecule has 2 aliphatic rings. The summed E-state index contributed by atoms with van der Waals surface area (Å²) in [4.78, 5) is 22.7. The topological polar surface area (TPSA) is 43.4 Å². The number of ether oxygens (including phenoxy) is 1. The monoisotopic (exact) mass is 194 g/mol. The van der Waals surface area contributed by atoms with Crippen molar-refractivity contribution >= 4 is 19.8 Å². The summed E-state index contributed by atoms with van der Waals surface area (Å²) in [6, 6.07) is 0. The number of rotatable bonds is 0. The summed E-state index contributed by atoms with van der Waals surface area (Å²) in [5, 5.41) is 0. The molecule has 0 amide bonds. The second-order valence-corrected chi connectivity index (χ2v) is 4.57. The molecule has 3 nitrogen and oxygen atoms in total. The van der Waals surface area contributed by atoms with E-state index in [0.717, 1.165) is 25.7 Å². The van der Waals surface area contributed by atoms with E-state index in [1.165, 1.54) is 6.42 Å². The second kappa shape index (κ2) is 3.75. The van der Waals surface area contributed by atoms with Gasteiger partial charge in [-0.1, -0.05) is 25.1 Å². The van der Waals surface area contributed by atoms with Crippen molar-refractivity contribution in [1.82, 2.24) is 0 Å². The van der Waals surface area contributed by atoms with Crippen LogP contribution in [0.25, 0.3) is 0 Å². The van der Waals surface area contributed by atoms with Crippen molar-refractivity contribution in [2.24, 2.45) is 11.8 Å². The third-order valence-corrected chi connectivity index (χ3v) is 3.47. The zero-order valence-electron chi connectivity index (χ0n) is 8.49. The SMILES string of the molecule is BC1CCCC2C(=O)OC(=O)C2CC1. The van der Waals surface area contributed by atoms with E-state index in [1.54, 1.807) is 0 Å². The Morgan fingerprint density at radius 3 is 2.36 bits per heavy atom. The number of esters is 2. The van der Waals surface area contributed by atoms with Crippen molar-refractivity contribution in [3.05, 3.63) is 0 Å². The Balaban J connectivity index is 2.09. The minimum atomic E-state index is -0.283. The van der Waals surface area contributed by atoms with Gasteiger partial charge in [-0.3, -0.25) is 9.59 Å². The van der Waals surface area contributed by atoms with Gasteiger partial charge < -0.3 is 4.74 Å². The Morgan fingerprint density at radius 2 is 1.64 bits per heavy atom. The van der Waals surface area contributed by atoms with Crippen LogP contribution in [0, 0.1) is 11.8 Å². The normalized spacial score (nSPS) is 38.4. The summed E-state index contributed by atoms with van der Waals surface area (Å²) in [5.74, 6) is -0.150. The molecule has 0 aromatic rings. The van der Waals surface area contributed by atoms with Crippen LogP contribution in [-0.2, 0) is 14.3 Å². The summed E-state index contributed by atoms with van der Waals surface area (Å²) in [5.41, 5.74) is 0. The van der Waals surface area contributed by atoms with Gasteiger partial charge in [0.05, 0.1) is 11.8 Å². The van der Waals surface area contributed by atoms with Crippen LogP contribution in [-0.4, -0.2) is 19.8 Å². The Labute approximate surface area is 84.6 Å². The Bertz CT molecular complexity index is 264. The van der Waals surface area contributed by atoms with Crippen LogP contribution in [0.1, 0.15) is 32.1 Å². The number of carbonyl (C=O) groups excluding carboxylic acids is 2. The van der Waals surface area contributed by atoms with Gasteiger partial charge in [-0.05, 0) is 12.8 Å². The van der Waals surface area contributed by atoms with Gasteiger partial charge in [0.1, 0.15) is 7.85 Å². The molecule has 3 unspecified atom stereocenters. The number of carbonyl (C=O) groups is 2. The molecule has 2 fully saturated rings. The molecule has 0 N–H and O–H groups in total. The smallest absolute Gasteiger partial charge is 0.317 e. The van der Waals surface area contributed by atoms with E-state index in [4.69, 9.17) is 0 Å². The molecule has 4 heteroatoms. The van der Waals surface area contributed by atoms with Gasteiger partial charge in [-0.15, -0.1) is 0 Å². The lowest BCUT2D eigenvalue weighted by molar-refractivity contribution is -0.153. The van der Waals surface area contributed by atoms with Crippen molar-refractivity contribution in [3.8, 4) is 0 Å². The average molecular weight is 194 g/mol. The standard InChI is InChI=1S/C10H15BO3/c11-6-2-1-3-7-8(5-4-6)10(13)14-9(7)12/h6-8H,1-5,11H2. The Morgan fingerprint density at radius 1 is 1.00 bits per heavy atom. The van der Waals surface area contributed by atoms with E-state index in [-0.39, 0.29) is 23.8 Å². The summed E-state index contributed by atoms with van der Waals surface area (Å²) >= 11 is 0. The van der Waals surface area contributed by atoms with E-state index < -0.39 is 0 Å². The van der Waals surface area contributed by atoms with Gasteiger partial charge in [0.15, 0.2) is 0 Å². The lowest BCUT2D eigenvalue weighted by Gasteiger charge is -2.20. The molecule has 1 saturated heterocycles. The molecule has 0 aromatic heterocycles. The summed E-state index contributed by atoms with van der Waals surface area (Å²) in [6.45, 7) is 0. The highest BCUT2D eigenvalue weighted by Gasteiger charge is 2.43. The molecule has 1 aliphatic carbocycles. The molecule has 0 bridgehead atoms. The van der Waals surface area contributed by atoms with Crippen LogP contribution in [0.15, 0.2) is 0 Å². The molecule has 0 aromatic carbocycles. The van der Waals surface area contributed by atoms with Crippen molar-refractivity contribution in [2.75, 3.05) is 0 Å². The van der Waals surface area contributed by atoms with Gasteiger partial charge in [0.2, 0.25) is 0 Å². The fraction of sp³-hybridized carbons (Fsp3) is 0.800. The third-order valence-electron chi connectivity index (χ3n) is 3.47. The molecule has 76 valence electrons. The van der Waals surface area contributed by atoms with Crippen LogP contribution >= 0.6 is 0 Å². The van der Waals surface area contributed by atoms with Crippen molar-refractivity contribution in [1.29, 1.82) is 0 Å². The van der Waals surface area contributed by atoms with Crippen LogP contribution < -0.4 is 0 Å². The molecule has 1 aliphatic heterocycles. The van der Waals surface area contributed by atoms with E-state index in [2.05, 4.69) is 12.6 Å². The summed E-state index contributed by atoms with van der Waals surface area (Å²) < 4.78 is 4.68. The predicted molar refractivity (Wildman–Crippen MR) is 53.5 cm³/mol. The highest BCUT2D eigenvalue weighted by molar-refractivity contribution is 6.11. The van der Waals surface area contributed by atoms with Crippen LogP contribution in [0.2, 0.25) is 5.82 Å². The van der Waals surface area contributed by atoms with Crippen LogP contribution in [0.3, 0.4) is 0 Å². The number of hydrogen-bond acceptors (Lipinski definition) is 3. The lowest BCUT2D eigenvalue weighted by Crippen LogP contribution is -2.20. The number of hydrogen-bond donors (Lipinski definition) is 0. The molecular formula is C10H15BO3. The van der Waals surface area contributed by atoms with E-state index in [1.807, 2.05) is 0 Å². The zero-order chi connectivity index (χ0) is 10.1. The molecule has 0 radical (unpaired) electrons. The van der Waals surface area contributed by atoms with E-state index in [0.29, 0.717) is 5.82 Å². The first kappa shape index (κ1) is 9.75. The fourth-order valence-electron chi connectivity index (χ4n) is 2.51. The molecule has 2 rings (SSSR count). The number of cyclic esters (lactones) is 2. The average Bonchev–Trinajstić information content (AvgIpc) is 2.34. The molecule has 1 saturated carbocycles. The second-order valence-electron chi connectivity index (χ2n) is 4.57. The fourth-order valence-corrected chi connectivity index (χ4v) is 2.51. The maximum absolute atomic E-state index is 11.3. The van der Waals surface area contributed by atoms with Gasteiger partial charge >= 0.3 is 11.9 Å².